The van der Waals surface area contributed by atoms with Crippen molar-refractivity contribution in [1.29, 1.82) is 0 Å². The van der Waals surface area contributed by atoms with Crippen LogP contribution in [0.2, 0.25) is 0 Å². The molecule has 1 rings (SSSR count). The van der Waals surface area contributed by atoms with Gasteiger partial charge in [0.2, 0.25) is 0 Å². The van der Waals surface area contributed by atoms with Gasteiger partial charge in [-0.3, -0.25) is 4.90 Å². The molecule has 0 aliphatic heterocycles. The van der Waals surface area contributed by atoms with E-state index in [9.17, 15) is 5.11 Å². The Morgan fingerprint density at radius 1 is 1.16 bits per heavy atom. The minimum Gasteiger partial charge on any atom is -0.388 e. The van der Waals surface area contributed by atoms with Crippen LogP contribution >= 0.6 is 0 Å². The largest absolute Gasteiger partial charge is 0.388 e. The molecular weight excluding hydrogens is 236 g/mol. The van der Waals surface area contributed by atoms with Crippen molar-refractivity contribution >= 4 is 0 Å². The van der Waals surface area contributed by atoms with Gasteiger partial charge in [0.1, 0.15) is 0 Å². The van der Waals surface area contributed by atoms with E-state index in [0.29, 0.717) is 6.04 Å². The first-order valence-electron chi connectivity index (χ1n) is 7.16. The first-order valence-corrected chi connectivity index (χ1v) is 7.16. The van der Waals surface area contributed by atoms with Crippen LogP contribution < -0.4 is 0 Å². The van der Waals surface area contributed by atoms with Crippen LogP contribution in [0.15, 0.2) is 30.3 Å². The van der Waals surface area contributed by atoms with E-state index in [1.807, 2.05) is 30.3 Å². The van der Waals surface area contributed by atoms with Crippen LogP contribution in [-0.2, 0) is 0 Å². The SMILES string of the molecule is CCN(CCC(O)c1ccccc1)C(C)CN(C)C. The van der Waals surface area contributed by atoms with Crippen molar-refractivity contribution in [2.45, 2.75) is 32.4 Å². The maximum atomic E-state index is 10.2. The average Bonchev–Trinajstić information content (AvgIpc) is 2.39. The number of aliphatic hydroxyl groups is 1. The molecule has 0 aliphatic carbocycles. The van der Waals surface area contributed by atoms with Crippen molar-refractivity contribution in [1.82, 2.24) is 9.80 Å². The van der Waals surface area contributed by atoms with E-state index in [2.05, 4.69) is 37.7 Å². The Morgan fingerprint density at radius 3 is 2.32 bits per heavy atom. The van der Waals surface area contributed by atoms with Crippen molar-refractivity contribution in [3.05, 3.63) is 35.9 Å². The zero-order valence-electron chi connectivity index (χ0n) is 12.7. The highest BCUT2D eigenvalue weighted by atomic mass is 16.3. The standard InChI is InChI=1S/C16H28N2O/c1-5-18(14(2)13-17(3)4)12-11-16(19)15-9-7-6-8-10-15/h6-10,14,16,19H,5,11-13H2,1-4H3. The van der Waals surface area contributed by atoms with Gasteiger partial charge in [0.15, 0.2) is 0 Å². The van der Waals surface area contributed by atoms with Gasteiger partial charge >= 0.3 is 0 Å². The first-order chi connectivity index (χ1) is 9.04. The molecule has 3 heteroatoms. The summed E-state index contributed by atoms with van der Waals surface area (Å²) in [5.74, 6) is 0. The van der Waals surface area contributed by atoms with E-state index in [1.165, 1.54) is 0 Å². The van der Waals surface area contributed by atoms with Gasteiger partial charge in [-0.15, -0.1) is 0 Å². The fourth-order valence-corrected chi connectivity index (χ4v) is 2.46. The summed E-state index contributed by atoms with van der Waals surface area (Å²) < 4.78 is 0. The number of nitrogens with zero attached hydrogens (tertiary/aromatic N) is 2. The quantitative estimate of drug-likeness (QED) is 0.781. The van der Waals surface area contributed by atoms with Gasteiger partial charge in [-0.25, -0.2) is 0 Å². The summed E-state index contributed by atoms with van der Waals surface area (Å²) in [6.07, 6.45) is 0.428. The molecule has 1 aromatic carbocycles. The minimum atomic E-state index is -0.359. The van der Waals surface area contributed by atoms with E-state index in [1.54, 1.807) is 0 Å². The predicted octanol–water partition coefficient (Wildman–Crippen LogP) is 2.38. The molecule has 0 saturated heterocycles. The lowest BCUT2D eigenvalue weighted by atomic mass is 10.1. The Bertz CT molecular complexity index is 340. The molecule has 2 atom stereocenters. The summed E-state index contributed by atoms with van der Waals surface area (Å²) in [4.78, 5) is 4.63. The van der Waals surface area contributed by atoms with Crippen LogP contribution in [0, 0.1) is 0 Å². The summed E-state index contributed by atoms with van der Waals surface area (Å²) in [7, 11) is 4.20. The van der Waals surface area contributed by atoms with Crippen LogP contribution in [0.4, 0.5) is 0 Å². The van der Waals surface area contributed by atoms with E-state index >= 15 is 0 Å². The van der Waals surface area contributed by atoms with Crippen LogP contribution in [0.1, 0.15) is 31.9 Å². The second kappa shape index (κ2) is 8.31. The molecule has 0 bridgehead atoms. The molecule has 0 spiro atoms. The van der Waals surface area contributed by atoms with Gasteiger partial charge in [-0.2, -0.15) is 0 Å². The number of hydrogen-bond donors (Lipinski definition) is 1. The molecule has 0 saturated carbocycles. The summed E-state index contributed by atoms with van der Waals surface area (Å²) in [5, 5.41) is 10.2. The summed E-state index contributed by atoms with van der Waals surface area (Å²) in [6.45, 7) is 7.44. The van der Waals surface area contributed by atoms with Crippen LogP contribution in [0.25, 0.3) is 0 Å². The number of hydrogen-bond acceptors (Lipinski definition) is 3. The highest BCUT2D eigenvalue weighted by Crippen LogP contribution is 2.17. The number of aliphatic hydroxyl groups excluding tert-OH is 1. The molecular formula is C16H28N2O. The molecule has 2 unspecified atom stereocenters. The van der Waals surface area contributed by atoms with Gasteiger partial charge < -0.3 is 10.0 Å². The molecule has 0 aliphatic rings. The Labute approximate surface area is 117 Å². The zero-order valence-corrected chi connectivity index (χ0v) is 12.7. The number of likely N-dealkylation sites (N-methyl/N-ethyl adjacent to an activating group) is 2. The monoisotopic (exact) mass is 264 g/mol. The molecule has 0 aromatic heterocycles. The third-order valence-electron chi connectivity index (χ3n) is 3.53. The average molecular weight is 264 g/mol. The van der Waals surface area contributed by atoms with E-state index < -0.39 is 0 Å². The second-order valence-electron chi connectivity index (χ2n) is 5.46. The maximum Gasteiger partial charge on any atom is 0.0802 e. The molecule has 0 fully saturated rings. The van der Waals surface area contributed by atoms with E-state index in [0.717, 1.165) is 31.6 Å². The molecule has 1 N–H and O–H groups in total. The lowest BCUT2D eigenvalue weighted by Crippen LogP contribution is -2.40. The molecule has 0 amide bonds. The van der Waals surface area contributed by atoms with Gasteiger partial charge in [-0.1, -0.05) is 37.3 Å². The van der Waals surface area contributed by atoms with Crippen LogP contribution in [0.5, 0.6) is 0 Å². The van der Waals surface area contributed by atoms with E-state index in [4.69, 9.17) is 0 Å². The van der Waals surface area contributed by atoms with Gasteiger partial charge in [0.25, 0.3) is 0 Å². The molecule has 1 aromatic rings. The van der Waals surface area contributed by atoms with Crippen molar-refractivity contribution in [2.75, 3.05) is 33.7 Å². The maximum absolute atomic E-state index is 10.2. The third kappa shape index (κ3) is 5.72. The number of benzene rings is 1. The second-order valence-corrected chi connectivity index (χ2v) is 5.46. The normalized spacial score (nSPS) is 14.9. The van der Waals surface area contributed by atoms with Gasteiger partial charge in [-0.05, 0) is 39.5 Å². The lowest BCUT2D eigenvalue weighted by molar-refractivity contribution is 0.121. The Morgan fingerprint density at radius 2 is 1.79 bits per heavy atom. The van der Waals surface area contributed by atoms with Gasteiger partial charge in [0, 0.05) is 19.1 Å². The summed E-state index contributed by atoms with van der Waals surface area (Å²) in [6, 6.07) is 10.4. The summed E-state index contributed by atoms with van der Waals surface area (Å²) in [5.41, 5.74) is 1.01. The minimum absolute atomic E-state index is 0.359. The highest BCUT2D eigenvalue weighted by molar-refractivity contribution is 5.17. The zero-order chi connectivity index (χ0) is 14.3. The van der Waals surface area contributed by atoms with Crippen molar-refractivity contribution in [2.24, 2.45) is 0 Å². The predicted molar refractivity (Wildman–Crippen MR) is 81.3 cm³/mol. The van der Waals surface area contributed by atoms with Crippen molar-refractivity contribution in [3.63, 3.8) is 0 Å². The van der Waals surface area contributed by atoms with E-state index in [-0.39, 0.29) is 6.10 Å². The summed E-state index contributed by atoms with van der Waals surface area (Å²) >= 11 is 0. The fourth-order valence-electron chi connectivity index (χ4n) is 2.46. The molecule has 0 heterocycles. The van der Waals surface area contributed by atoms with Crippen LogP contribution in [0.3, 0.4) is 0 Å². The third-order valence-corrected chi connectivity index (χ3v) is 3.53. The highest BCUT2D eigenvalue weighted by Gasteiger charge is 2.15. The first kappa shape index (κ1) is 16.2. The smallest absolute Gasteiger partial charge is 0.0802 e. The number of rotatable bonds is 8. The fraction of sp³-hybridized carbons (Fsp3) is 0.625. The van der Waals surface area contributed by atoms with Gasteiger partial charge in [0.05, 0.1) is 6.10 Å². The van der Waals surface area contributed by atoms with Crippen LogP contribution in [-0.4, -0.2) is 54.7 Å². The lowest BCUT2D eigenvalue weighted by Gasteiger charge is -2.30. The molecule has 108 valence electrons. The Hall–Kier alpha value is -0.900. The van der Waals surface area contributed by atoms with Crippen molar-refractivity contribution in [3.8, 4) is 0 Å². The Kier molecular flexibility index (Phi) is 7.06. The topological polar surface area (TPSA) is 26.7 Å². The molecule has 19 heavy (non-hydrogen) atoms. The Balaban J connectivity index is 2.45. The molecule has 0 radical (unpaired) electrons. The van der Waals surface area contributed by atoms with Crippen molar-refractivity contribution < 1.29 is 5.11 Å². The molecule has 3 nitrogen and oxygen atoms in total.